The van der Waals surface area contributed by atoms with Gasteiger partial charge in [0, 0.05) is 0 Å². The number of oxazole rings is 1. The zero-order valence-corrected chi connectivity index (χ0v) is 24.5. The van der Waals surface area contributed by atoms with Gasteiger partial charge in [-0.15, -0.1) is 0 Å². The Bertz CT molecular complexity index is 2000. The van der Waals surface area contributed by atoms with Gasteiger partial charge in [-0.3, -0.25) is 4.57 Å². The average Bonchev–Trinajstić information content (AvgIpc) is 3.30. The number of imidazole rings is 1. The van der Waals surface area contributed by atoms with Gasteiger partial charge in [-0.1, -0.05) is 6.07 Å². The average molecular weight is 617 g/mol. The molecule has 0 unspecified atom stereocenters. The molecule has 0 atom stereocenters. The largest absolute Gasteiger partial charge is 0.442 e. The lowest BCUT2D eigenvalue weighted by Crippen LogP contribution is -2.42. The number of aromatic nitrogens is 5. The first kappa shape index (κ1) is 29.6. The molecule has 3 heterocycles. The summed E-state index contributed by atoms with van der Waals surface area (Å²) in [4.78, 5) is 34.4. The summed E-state index contributed by atoms with van der Waals surface area (Å²) in [5.74, 6) is 0.908. The van der Waals surface area contributed by atoms with Crippen LogP contribution in [0.5, 0.6) is 0 Å². The van der Waals surface area contributed by atoms with Gasteiger partial charge >= 0.3 is 17.9 Å². The van der Waals surface area contributed by atoms with E-state index in [4.69, 9.17) is 4.42 Å². The minimum absolute atomic E-state index is 0.0632. The van der Waals surface area contributed by atoms with Crippen molar-refractivity contribution in [3.05, 3.63) is 106 Å². The van der Waals surface area contributed by atoms with Crippen molar-refractivity contribution >= 4 is 6.03 Å². The van der Waals surface area contributed by atoms with Crippen molar-refractivity contribution in [2.75, 3.05) is 14.1 Å². The molecule has 1 aliphatic rings. The van der Waals surface area contributed by atoms with Crippen LogP contribution >= 0.6 is 0 Å². The predicted octanol–water partition coefficient (Wildman–Crippen LogP) is 4.99. The zero-order valence-electron chi connectivity index (χ0n) is 24.5. The molecule has 0 saturated heterocycles. The van der Waals surface area contributed by atoms with Gasteiger partial charge < -0.3 is 14.6 Å². The van der Waals surface area contributed by atoms with Crippen LogP contribution in [-0.2, 0) is 18.3 Å². The lowest BCUT2D eigenvalue weighted by atomic mass is 10.2. The van der Waals surface area contributed by atoms with Gasteiger partial charge in [-0.25, -0.2) is 23.8 Å². The minimum atomic E-state index is -4.65. The highest BCUT2D eigenvalue weighted by atomic mass is 19.4. The fraction of sp³-hybridized carbons (Fsp3) is 0.258. The maximum atomic E-state index is 14.1. The normalized spacial score (nSPS) is 14.0. The number of halogens is 3. The van der Waals surface area contributed by atoms with Crippen LogP contribution in [0.25, 0.3) is 22.8 Å². The van der Waals surface area contributed by atoms with Gasteiger partial charge in [0.15, 0.2) is 0 Å². The summed E-state index contributed by atoms with van der Waals surface area (Å²) in [5.41, 5.74) is -1.22. The predicted molar refractivity (Wildman–Crippen MR) is 156 cm³/mol. The molecular weight excluding hydrogens is 589 g/mol. The molecule has 1 saturated carbocycles. The first-order chi connectivity index (χ1) is 21.4. The van der Waals surface area contributed by atoms with Crippen molar-refractivity contribution in [3.63, 3.8) is 0 Å². The van der Waals surface area contributed by atoms with Gasteiger partial charge in [-0.2, -0.15) is 23.5 Å². The van der Waals surface area contributed by atoms with Crippen LogP contribution in [-0.4, -0.2) is 48.9 Å². The van der Waals surface area contributed by atoms with Crippen LogP contribution in [0.3, 0.4) is 0 Å². The molecule has 1 fully saturated rings. The second kappa shape index (κ2) is 10.9. The summed E-state index contributed by atoms with van der Waals surface area (Å²) >= 11 is 0. The van der Waals surface area contributed by atoms with E-state index < -0.39 is 29.0 Å². The first-order valence-corrected chi connectivity index (χ1v) is 13.9. The Morgan fingerprint density at radius 1 is 1.13 bits per heavy atom. The van der Waals surface area contributed by atoms with E-state index in [1.165, 1.54) is 23.0 Å². The second-order valence-corrected chi connectivity index (χ2v) is 11.1. The van der Waals surface area contributed by atoms with Crippen LogP contribution in [0.1, 0.15) is 41.3 Å². The van der Waals surface area contributed by atoms with Crippen molar-refractivity contribution < 1.29 is 22.4 Å². The number of nitrogens with zero attached hydrogens (tertiary/aromatic N) is 7. The summed E-state index contributed by atoms with van der Waals surface area (Å²) in [7, 11) is 3.76. The van der Waals surface area contributed by atoms with E-state index in [9.17, 15) is 28.0 Å². The number of amides is 1. The third-order valence-electron chi connectivity index (χ3n) is 7.58. The number of hydrogen-bond acceptors (Lipinski definition) is 7. The zero-order chi connectivity index (χ0) is 32.1. The quantitative estimate of drug-likeness (QED) is 0.273. The Morgan fingerprint density at radius 2 is 1.87 bits per heavy atom. The van der Waals surface area contributed by atoms with Gasteiger partial charge in [0.25, 0.3) is 0 Å². The minimum Gasteiger partial charge on any atom is -0.442 e. The lowest BCUT2D eigenvalue weighted by molar-refractivity contribution is -0.137. The van der Waals surface area contributed by atoms with Crippen LogP contribution in [0.15, 0.2) is 76.2 Å². The number of carbonyl (C=O) groups excluding carboxylic acids is 1. The molecule has 0 aliphatic heterocycles. The molecule has 1 aliphatic carbocycles. The standard InChI is InChI=1S/C31H27F3N8O3/c1-19-26(25-11-14-37-42(25)22-9-7-20(16-35)8-10-22)41(29(44)40(19)23-6-4-5-21(15-23)31(32,33)34)28(43)38-30(12-13-30)27-36-17-24(45-27)18-39(2)3/h4-11,14-15,17H,12-13,18H2,1-3H3,(H,38,43). The second-order valence-electron chi connectivity index (χ2n) is 11.1. The van der Waals surface area contributed by atoms with Crippen molar-refractivity contribution in [1.82, 2.24) is 34.1 Å². The van der Waals surface area contributed by atoms with Crippen LogP contribution in [0, 0.1) is 18.3 Å². The first-order valence-electron chi connectivity index (χ1n) is 13.9. The fourth-order valence-electron chi connectivity index (χ4n) is 5.28. The van der Waals surface area contributed by atoms with Crippen LogP contribution in [0.2, 0.25) is 0 Å². The number of nitrogens with one attached hydrogen (secondary N) is 1. The topological polar surface area (TPSA) is 127 Å². The number of rotatable bonds is 7. The van der Waals surface area contributed by atoms with E-state index in [1.54, 1.807) is 43.5 Å². The molecule has 11 nitrogen and oxygen atoms in total. The maximum absolute atomic E-state index is 14.1. The summed E-state index contributed by atoms with van der Waals surface area (Å²) in [6, 6.07) is 13.7. The van der Waals surface area contributed by atoms with E-state index >= 15 is 0 Å². The van der Waals surface area contributed by atoms with E-state index in [2.05, 4.69) is 15.4 Å². The molecule has 0 spiro atoms. The molecule has 1 N–H and O–H groups in total. The Labute approximate surface area is 254 Å². The number of alkyl halides is 3. The Balaban J connectivity index is 1.49. The van der Waals surface area contributed by atoms with Crippen LogP contribution < -0.4 is 11.0 Å². The van der Waals surface area contributed by atoms with E-state index in [0.717, 1.165) is 21.3 Å². The number of benzene rings is 2. The molecule has 230 valence electrons. The number of carbonyl (C=O) groups is 1. The Hall–Kier alpha value is -5.42. The molecule has 1 amide bonds. The molecule has 3 aromatic heterocycles. The van der Waals surface area contributed by atoms with Crippen molar-refractivity contribution in [2.45, 2.75) is 38.0 Å². The van der Waals surface area contributed by atoms with Gasteiger partial charge in [0.1, 0.15) is 17.0 Å². The fourth-order valence-corrected chi connectivity index (χ4v) is 5.28. The molecule has 6 rings (SSSR count). The van der Waals surface area contributed by atoms with Gasteiger partial charge in [-0.05, 0) is 82.4 Å². The molecule has 0 bridgehead atoms. The third kappa shape index (κ3) is 5.42. The van der Waals surface area contributed by atoms with E-state index in [-0.39, 0.29) is 17.1 Å². The monoisotopic (exact) mass is 616 g/mol. The molecule has 14 heteroatoms. The number of hydrogen-bond donors (Lipinski definition) is 1. The van der Waals surface area contributed by atoms with E-state index in [1.807, 2.05) is 25.1 Å². The molecule has 5 aromatic rings. The Morgan fingerprint density at radius 3 is 2.51 bits per heavy atom. The van der Waals surface area contributed by atoms with Gasteiger partial charge in [0.05, 0.1) is 58.9 Å². The van der Waals surface area contributed by atoms with E-state index in [0.29, 0.717) is 48.0 Å². The van der Waals surface area contributed by atoms with Crippen molar-refractivity contribution in [1.29, 1.82) is 5.26 Å². The highest BCUT2D eigenvalue weighted by Gasteiger charge is 2.51. The summed E-state index contributed by atoms with van der Waals surface area (Å²) in [6.07, 6.45) is -0.556. The lowest BCUT2D eigenvalue weighted by Gasteiger charge is -2.16. The summed E-state index contributed by atoms with van der Waals surface area (Å²) < 4.78 is 50.3. The van der Waals surface area contributed by atoms with Gasteiger partial charge in [0.2, 0.25) is 5.89 Å². The molecule has 45 heavy (non-hydrogen) atoms. The Kier molecular flexibility index (Phi) is 7.20. The van der Waals surface area contributed by atoms with Crippen molar-refractivity contribution in [3.8, 4) is 28.8 Å². The van der Waals surface area contributed by atoms with Crippen molar-refractivity contribution in [2.24, 2.45) is 0 Å². The summed E-state index contributed by atoms with van der Waals surface area (Å²) in [6.45, 7) is 2.05. The maximum Gasteiger partial charge on any atom is 0.416 e. The molecule has 0 radical (unpaired) electrons. The molecular formula is C31H27F3N8O3. The summed E-state index contributed by atoms with van der Waals surface area (Å²) in [5, 5.41) is 16.5. The molecule has 2 aromatic carbocycles. The third-order valence-corrected chi connectivity index (χ3v) is 7.58. The SMILES string of the molecule is Cc1c(-c2ccnn2-c2ccc(C#N)cc2)n(C(=O)NC2(c3ncc(CN(C)C)o3)CC2)c(=O)n1-c1cccc(C(F)(F)F)c1. The highest BCUT2D eigenvalue weighted by molar-refractivity contribution is 5.84. The smallest absolute Gasteiger partial charge is 0.416 e. The highest BCUT2D eigenvalue weighted by Crippen LogP contribution is 2.45. The van der Waals surface area contributed by atoms with Crippen LogP contribution in [0.4, 0.5) is 18.0 Å². The number of nitriles is 1.